The van der Waals surface area contributed by atoms with Gasteiger partial charge in [0, 0.05) is 35.0 Å². The molecule has 0 heterocycles. The Bertz CT molecular complexity index is 130. The average molecular weight is 193 g/mol. The quantitative estimate of drug-likeness (QED) is 0.599. The Morgan fingerprint density at radius 2 is 2.17 bits per heavy atom. The zero-order valence-electron chi connectivity index (χ0n) is 7.91. The van der Waals surface area contributed by atoms with Gasteiger partial charge < -0.3 is 10.5 Å². The molecule has 0 rings (SSSR count). The Morgan fingerprint density at radius 3 is 2.67 bits per heavy atom. The first kappa shape index (κ1) is 12.1. The highest BCUT2D eigenvalue weighted by molar-refractivity contribution is 7.85. The van der Waals surface area contributed by atoms with Gasteiger partial charge in [-0.05, 0) is 13.3 Å². The summed E-state index contributed by atoms with van der Waals surface area (Å²) in [6.07, 6.45) is 1.01. The molecule has 4 heteroatoms. The van der Waals surface area contributed by atoms with Crippen LogP contribution in [0.5, 0.6) is 0 Å². The predicted octanol–water partition coefficient (Wildman–Crippen LogP) is 0.509. The van der Waals surface area contributed by atoms with Gasteiger partial charge in [-0.25, -0.2) is 0 Å². The highest BCUT2D eigenvalue weighted by Crippen LogP contribution is 1.94. The van der Waals surface area contributed by atoms with Gasteiger partial charge in [-0.1, -0.05) is 6.92 Å². The molecule has 0 bridgehead atoms. The van der Waals surface area contributed by atoms with Gasteiger partial charge in [0.15, 0.2) is 0 Å². The van der Waals surface area contributed by atoms with Gasteiger partial charge in [0.1, 0.15) is 0 Å². The van der Waals surface area contributed by atoms with Crippen LogP contribution >= 0.6 is 0 Å². The minimum Gasteiger partial charge on any atom is -0.381 e. The van der Waals surface area contributed by atoms with Crippen molar-refractivity contribution in [2.45, 2.75) is 25.5 Å². The molecule has 0 aliphatic rings. The molecule has 0 aliphatic heterocycles. The van der Waals surface area contributed by atoms with E-state index in [2.05, 4.69) is 6.92 Å². The molecule has 0 saturated heterocycles. The van der Waals surface area contributed by atoms with Crippen LogP contribution in [0.25, 0.3) is 0 Å². The summed E-state index contributed by atoms with van der Waals surface area (Å²) in [4.78, 5) is 0. The van der Waals surface area contributed by atoms with Crippen molar-refractivity contribution in [3.05, 3.63) is 0 Å². The van der Waals surface area contributed by atoms with E-state index in [0.29, 0.717) is 18.9 Å². The lowest BCUT2D eigenvalue weighted by Gasteiger charge is -2.08. The smallest absolute Gasteiger partial charge is 0.0581 e. The maximum absolute atomic E-state index is 11.3. The normalized spacial score (nSPS) is 15.9. The minimum absolute atomic E-state index is 0.0928. The standard InChI is InChI=1S/C8H19NO2S/c1-3-4-11-5-6-12(10)8(2)7-9/h8H,3-7,9H2,1-2H3. The topological polar surface area (TPSA) is 52.3 Å². The third-order valence-electron chi connectivity index (χ3n) is 1.56. The zero-order chi connectivity index (χ0) is 9.40. The van der Waals surface area contributed by atoms with Crippen molar-refractivity contribution in [1.29, 1.82) is 0 Å². The van der Waals surface area contributed by atoms with E-state index in [1.165, 1.54) is 0 Å². The number of hydrogen-bond donors (Lipinski definition) is 1. The minimum atomic E-state index is -0.818. The van der Waals surface area contributed by atoms with Gasteiger partial charge in [-0.2, -0.15) is 0 Å². The van der Waals surface area contributed by atoms with E-state index in [-0.39, 0.29) is 5.25 Å². The maximum Gasteiger partial charge on any atom is 0.0581 e. The highest BCUT2D eigenvalue weighted by atomic mass is 32.2. The first-order valence-electron chi connectivity index (χ1n) is 4.37. The molecule has 0 amide bonds. The Hall–Kier alpha value is 0.0700. The van der Waals surface area contributed by atoms with Crippen molar-refractivity contribution < 1.29 is 8.95 Å². The lowest BCUT2D eigenvalue weighted by Crippen LogP contribution is -2.25. The molecule has 0 fully saturated rings. The van der Waals surface area contributed by atoms with Crippen LogP contribution in [0.4, 0.5) is 0 Å². The molecule has 0 radical (unpaired) electrons. The van der Waals surface area contributed by atoms with Crippen molar-refractivity contribution >= 4 is 10.8 Å². The molecule has 0 aromatic rings. The van der Waals surface area contributed by atoms with Crippen molar-refractivity contribution in [2.24, 2.45) is 5.73 Å². The molecule has 0 spiro atoms. The Labute approximate surface area is 77.1 Å². The van der Waals surface area contributed by atoms with Crippen LogP contribution in [0.3, 0.4) is 0 Å². The van der Waals surface area contributed by atoms with E-state index in [1.54, 1.807) is 0 Å². The summed E-state index contributed by atoms with van der Waals surface area (Å²) < 4.78 is 16.5. The summed E-state index contributed by atoms with van der Waals surface area (Å²) in [7, 11) is -0.818. The lowest BCUT2D eigenvalue weighted by molar-refractivity contribution is 0.150. The van der Waals surface area contributed by atoms with Crippen molar-refractivity contribution in [1.82, 2.24) is 0 Å². The molecule has 2 N–H and O–H groups in total. The maximum atomic E-state index is 11.3. The number of ether oxygens (including phenoxy) is 1. The monoisotopic (exact) mass is 193 g/mol. The van der Waals surface area contributed by atoms with E-state index in [9.17, 15) is 4.21 Å². The second-order valence-electron chi connectivity index (χ2n) is 2.74. The number of nitrogens with two attached hydrogens (primary N) is 1. The second kappa shape index (κ2) is 7.71. The summed E-state index contributed by atoms with van der Waals surface area (Å²) in [5.74, 6) is 0.609. The van der Waals surface area contributed by atoms with E-state index >= 15 is 0 Å². The van der Waals surface area contributed by atoms with E-state index in [0.717, 1.165) is 13.0 Å². The van der Waals surface area contributed by atoms with Crippen molar-refractivity contribution in [3.63, 3.8) is 0 Å². The van der Waals surface area contributed by atoms with Gasteiger partial charge in [0.05, 0.1) is 6.61 Å². The molecule has 74 valence electrons. The van der Waals surface area contributed by atoms with Gasteiger partial charge in [0.25, 0.3) is 0 Å². The van der Waals surface area contributed by atoms with Crippen LogP contribution < -0.4 is 5.73 Å². The van der Waals surface area contributed by atoms with E-state index in [4.69, 9.17) is 10.5 Å². The Kier molecular flexibility index (Phi) is 7.75. The van der Waals surface area contributed by atoms with E-state index in [1.807, 2.05) is 6.92 Å². The molecule has 0 saturated carbocycles. The van der Waals surface area contributed by atoms with Crippen LogP contribution in [0.2, 0.25) is 0 Å². The second-order valence-corrected chi connectivity index (χ2v) is 4.72. The lowest BCUT2D eigenvalue weighted by atomic mass is 10.5. The van der Waals surface area contributed by atoms with Crippen LogP contribution in [0, 0.1) is 0 Å². The fourth-order valence-electron chi connectivity index (χ4n) is 0.696. The zero-order valence-corrected chi connectivity index (χ0v) is 8.73. The average Bonchev–Trinajstić information content (AvgIpc) is 2.10. The fourth-order valence-corrected chi connectivity index (χ4v) is 1.60. The largest absolute Gasteiger partial charge is 0.381 e. The molecule has 3 nitrogen and oxygen atoms in total. The molecule has 0 aromatic heterocycles. The summed E-state index contributed by atoms with van der Waals surface area (Å²) in [6.45, 7) is 5.79. The van der Waals surface area contributed by atoms with E-state index < -0.39 is 10.8 Å². The summed E-state index contributed by atoms with van der Waals surface area (Å²) >= 11 is 0. The number of rotatable bonds is 7. The first-order chi connectivity index (χ1) is 5.72. The van der Waals surface area contributed by atoms with Gasteiger partial charge in [-0.3, -0.25) is 4.21 Å². The van der Waals surface area contributed by atoms with Gasteiger partial charge in [0.2, 0.25) is 0 Å². The fraction of sp³-hybridized carbons (Fsp3) is 1.00. The molecular formula is C8H19NO2S. The Balaban J connectivity index is 3.31. The predicted molar refractivity (Wildman–Crippen MR) is 52.6 cm³/mol. The summed E-state index contributed by atoms with van der Waals surface area (Å²) in [5, 5.41) is 0.0928. The van der Waals surface area contributed by atoms with Crippen molar-refractivity contribution in [3.8, 4) is 0 Å². The van der Waals surface area contributed by atoms with Crippen molar-refractivity contribution in [2.75, 3.05) is 25.5 Å². The van der Waals surface area contributed by atoms with Crippen LogP contribution in [0.15, 0.2) is 0 Å². The van der Waals surface area contributed by atoms with Crippen LogP contribution in [0.1, 0.15) is 20.3 Å². The molecule has 0 aliphatic carbocycles. The molecular weight excluding hydrogens is 174 g/mol. The molecule has 12 heavy (non-hydrogen) atoms. The molecule has 2 unspecified atom stereocenters. The first-order valence-corrected chi connectivity index (χ1v) is 5.75. The summed E-state index contributed by atoms with van der Waals surface area (Å²) in [6, 6.07) is 0. The Morgan fingerprint density at radius 1 is 1.50 bits per heavy atom. The number of hydrogen-bond acceptors (Lipinski definition) is 3. The third kappa shape index (κ3) is 5.69. The highest BCUT2D eigenvalue weighted by Gasteiger charge is 2.07. The molecule has 0 aromatic carbocycles. The van der Waals surface area contributed by atoms with Gasteiger partial charge in [-0.15, -0.1) is 0 Å². The van der Waals surface area contributed by atoms with Crippen LogP contribution in [-0.4, -0.2) is 35.0 Å². The summed E-state index contributed by atoms with van der Waals surface area (Å²) in [5.41, 5.74) is 5.37. The SMILES string of the molecule is CCCOCCS(=O)C(C)CN. The molecule has 2 atom stereocenters. The van der Waals surface area contributed by atoms with Crippen LogP contribution in [-0.2, 0) is 15.5 Å². The van der Waals surface area contributed by atoms with Gasteiger partial charge >= 0.3 is 0 Å². The third-order valence-corrected chi connectivity index (χ3v) is 3.22.